The second kappa shape index (κ2) is 5.83. The van der Waals surface area contributed by atoms with Crippen LogP contribution >= 0.6 is 0 Å². The molecule has 82 valence electrons. The first-order chi connectivity index (χ1) is 7.95. The van der Waals surface area contributed by atoms with Gasteiger partial charge < -0.3 is 5.32 Å². The molecule has 0 fully saturated rings. The molecule has 0 saturated heterocycles. The maximum Gasteiger partial charge on any atom is 0.0579 e. The molecule has 0 spiro atoms. The number of hydrogen-bond acceptors (Lipinski definition) is 1. The smallest absolute Gasteiger partial charge is 0.0579 e. The van der Waals surface area contributed by atoms with Gasteiger partial charge in [0.2, 0.25) is 0 Å². The van der Waals surface area contributed by atoms with Crippen LogP contribution in [0.3, 0.4) is 0 Å². The van der Waals surface area contributed by atoms with Crippen molar-refractivity contribution in [3.63, 3.8) is 0 Å². The Bertz CT molecular complexity index is 481. The Morgan fingerprint density at radius 3 is 2.41 bits per heavy atom. The summed E-state index contributed by atoms with van der Waals surface area (Å²) in [7, 11) is 0. The van der Waals surface area contributed by atoms with Crippen LogP contribution in [0, 0.1) is 0 Å². The van der Waals surface area contributed by atoms with Crippen molar-refractivity contribution in [2.24, 2.45) is 0 Å². The van der Waals surface area contributed by atoms with E-state index in [1.54, 1.807) is 0 Å². The summed E-state index contributed by atoms with van der Waals surface area (Å²) in [6.07, 6.45) is 1.14. The summed E-state index contributed by atoms with van der Waals surface area (Å²) in [4.78, 5) is 0. The minimum Gasteiger partial charge on any atom is -0.306 e. The summed E-state index contributed by atoms with van der Waals surface area (Å²) >= 11 is 0. The van der Waals surface area contributed by atoms with E-state index >= 15 is 0 Å². The van der Waals surface area contributed by atoms with E-state index < -0.39 is 0 Å². The second-order valence-corrected chi connectivity index (χ2v) is 4.25. The van der Waals surface area contributed by atoms with Gasteiger partial charge >= 0.3 is 29.6 Å². The molecule has 0 unspecified atom stereocenters. The number of nitrogens with one attached hydrogen (secondary N) is 1. The Morgan fingerprint density at radius 2 is 1.59 bits per heavy atom. The van der Waals surface area contributed by atoms with Crippen molar-refractivity contribution in [1.82, 2.24) is 5.32 Å². The first-order valence-electron chi connectivity index (χ1n) is 5.81. The van der Waals surface area contributed by atoms with Crippen molar-refractivity contribution in [3.05, 3.63) is 71.3 Å². The molecule has 0 saturated carbocycles. The summed E-state index contributed by atoms with van der Waals surface area (Å²) in [6.45, 7) is 1.07. The van der Waals surface area contributed by atoms with Crippen LogP contribution in [0.2, 0.25) is 0 Å². The Labute approximate surface area is 125 Å². The molecular weight excluding hydrogens is 217 g/mol. The van der Waals surface area contributed by atoms with Gasteiger partial charge in [-0.2, -0.15) is 0 Å². The molecule has 1 aliphatic rings. The molecule has 1 N–H and O–H groups in total. The van der Waals surface area contributed by atoms with Gasteiger partial charge in [0.15, 0.2) is 0 Å². The van der Waals surface area contributed by atoms with Gasteiger partial charge in [-0.1, -0.05) is 54.6 Å². The van der Waals surface area contributed by atoms with Crippen LogP contribution in [0.1, 0.15) is 22.7 Å². The first-order valence-corrected chi connectivity index (χ1v) is 5.81. The SMILES string of the molecule is [NaH].c1ccc([C@@H]2NCCc3ccccc32)cc1. The average molecular weight is 233 g/mol. The first kappa shape index (κ1) is 12.8. The second-order valence-electron chi connectivity index (χ2n) is 4.25. The molecule has 17 heavy (non-hydrogen) atoms. The van der Waals surface area contributed by atoms with E-state index in [1.165, 1.54) is 16.7 Å². The molecule has 0 aliphatic carbocycles. The predicted octanol–water partition coefficient (Wildman–Crippen LogP) is 2.27. The zero-order chi connectivity index (χ0) is 10.8. The summed E-state index contributed by atoms with van der Waals surface area (Å²) in [5.74, 6) is 0. The van der Waals surface area contributed by atoms with Gasteiger partial charge in [0, 0.05) is 6.54 Å². The molecule has 0 amide bonds. The monoisotopic (exact) mass is 233 g/mol. The molecule has 1 aliphatic heterocycles. The van der Waals surface area contributed by atoms with Crippen LogP contribution in [0.25, 0.3) is 0 Å². The van der Waals surface area contributed by atoms with Crippen LogP contribution in [-0.4, -0.2) is 36.1 Å². The van der Waals surface area contributed by atoms with Crippen LogP contribution in [0.15, 0.2) is 54.6 Å². The Hall–Kier alpha value is -0.600. The summed E-state index contributed by atoms with van der Waals surface area (Å²) < 4.78 is 0. The molecule has 0 radical (unpaired) electrons. The Kier molecular flexibility index (Phi) is 4.41. The van der Waals surface area contributed by atoms with Crippen LogP contribution < -0.4 is 5.32 Å². The van der Waals surface area contributed by atoms with Crippen LogP contribution in [0.5, 0.6) is 0 Å². The molecule has 2 heteroatoms. The fourth-order valence-electron chi connectivity index (χ4n) is 2.45. The van der Waals surface area contributed by atoms with Crippen molar-refractivity contribution < 1.29 is 0 Å². The molecule has 1 heterocycles. The van der Waals surface area contributed by atoms with E-state index in [1.807, 2.05) is 0 Å². The zero-order valence-electron chi connectivity index (χ0n) is 9.19. The summed E-state index contributed by atoms with van der Waals surface area (Å²) in [5.41, 5.74) is 4.27. The number of hydrogen-bond donors (Lipinski definition) is 1. The third-order valence-corrected chi connectivity index (χ3v) is 3.24. The maximum atomic E-state index is 3.59. The van der Waals surface area contributed by atoms with E-state index in [2.05, 4.69) is 59.9 Å². The predicted molar refractivity (Wildman–Crippen MR) is 73.6 cm³/mol. The van der Waals surface area contributed by atoms with Gasteiger partial charge in [-0.3, -0.25) is 0 Å². The summed E-state index contributed by atoms with van der Waals surface area (Å²) in [5, 5.41) is 3.59. The Morgan fingerprint density at radius 1 is 0.882 bits per heavy atom. The number of rotatable bonds is 1. The van der Waals surface area contributed by atoms with Crippen LogP contribution in [0.4, 0.5) is 0 Å². The fraction of sp³-hybridized carbons (Fsp3) is 0.200. The zero-order valence-corrected chi connectivity index (χ0v) is 9.19. The van der Waals surface area contributed by atoms with Crippen LogP contribution in [-0.2, 0) is 6.42 Å². The average Bonchev–Trinajstić information content (AvgIpc) is 2.39. The fourth-order valence-corrected chi connectivity index (χ4v) is 2.45. The number of benzene rings is 2. The standard InChI is InChI=1S/C15H15N.Na.H/c1-2-7-13(8-3-1)15-14-9-5-4-6-12(14)10-11-16-15;;/h1-9,15-16H,10-11H2;;/t15-;;/m0../s1. The third kappa shape index (κ3) is 2.63. The normalized spacial score (nSPS) is 18.0. The molecule has 3 rings (SSSR count). The van der Waals surface area contributed by atoms with Crippen molar-refractivity contribution >= 4 is 29.6 Å². The van der Waals surface area contributed by atoms with Crippen molar-refractivity contribution in [3.8, 4) is 0 Å². The van der Waals surface area contributed by atoms with Gasteiger partial charge in [-0.25, -0.2) is 0 Å². The van der Waals surface area contributed by atoms with Crippen molar-refractivity contribution in [2.45, 2.75) is 12.5 Å². The molecule has 0 aromatic heterocycles. The Balaban J connectivity index is 0.00000108. The molecule has 1 nitrogen and oxygen atoms in total. The third-order valence-electron chi connectivity index (χ3n) is 3.24. The molecule has 2 aromatic rings. The number of fused-ring (bicyclic) bond motifs is 1. The largest absolute Gasteiger partial charge is 0.306 e. The summed E-state index contributed by atoms with van der Waals surface area (Å²) in [6, 6.07) is 19.8. The van der Waals surface area contributed by atoms with E-state index in [4.69, 9.17) is 0 Å². The van der Waals surface area contributed by atoms with Gasteiger partial charge in [-0.15, -0.1) is 0 Å². The maximum absolute atomic E-state index is 3.59. The van der Waals surface area contributed by atoms with E-state index in [-0.39, 0.29) is 29.6 Å². The van der Waals surface area contributed by atoms with Gasteiger partial charge in [0.25, 0.3) is 0 Å². The topological polar surface area (TPSA) is 12.0 Å². The van der Waals surface area contributed by atoms with Gasteiger partial charge in [0.05, 0.1) is 6.04 Å². The minimum atomic E-state index is 0. The molecule has 0 bridgehead atoms. The van der Waals surface area contributed by atoms with Crippen molar-refractivity contribution in [1.29, 1.82) is 0 Å². The molecular formula is C15H16NNa. The molecule has 2 aromatic carbocycles. The quantitative estimate of drug-likeness (QED) is 0.745. The minimum absolute atomic E-state index is 0. The van der Waals surface area contributed by atoms with Crippen molar-refractivity contribution in [2.75, 3.05) is 6.54 Å². The van der Waals surface area contributed by atoms with Gasteiger partial charge in [-0.05, 0) is 23.1 Å². The van der Waals surface area contributed by atoms with E-state index in [9.17, 15) is 0 Å². The van der Waals surface area contributed by atoms with Gasteiger partial charge in [0.1, 0.15) is 0 Å². The van der Waals surface area contributed by atoms with E-state index in [0.717, 1.165) is 13.0 Å². The van der Waals surface area contributed by atoms with E-state index in [0.29, 0.717) is 6.04 Å². The molecule has 1 atom stereocenters.